The number of hydrazone groups is 1. The van der Waals surface area contributed by atoms with Crippen LogP contribution in [0.1, 0.15) is 27.8 Å². The van der Waals surface area contributed by atoms with E-state index >= 15 is 0 Å². The van der Waals surface area contributed by atoms with E-state index in [2.05, 4.69) is 10.5 Å². The zero-order valence-electron chi connectivity index (χ0n) is 18.7. The van der Waals surface area contributed by atoms with Gasteiger partial charge in [-0.15, -0.1) is 0 Å². The summed E-state index contributed by atoms with van der Waals surface area (Å²) >= 11 is 0. The second-order valence-corrected chi connectivity index (χ2v) is 9.68. The lowest BCUT2D eigenvalue weighted by Crippen LogP contribution is -2.40. The van der Waals surface area contributed by atoms with Gasteiger partial charge in [0.25, 0.3) is 15.9 Å². The van der Waals surface area contributed by atoms with Crippen molar-refractivity contribution in [2.24, 2.45) is 5.10 Å². The molecule has 0 aliphatic heterocycles. The van der Waals surface area contributed by atoms with Crippen LogP contribution in [-0.4, -0.2) is 27.1 Å². The first-order valence-electron chi connectivity index (χ1n) is 10.2. The first-order chi connectivity index (χ1) is 15.2. The van der Waals surface area contributed by atoms with Crippen LogP contribution >= 0.6 is 0 Å². The molecule has 0 bridgehead atoms. The van der Waals surface area contributed by atoms with Gasteiger partial charge in [-0.25, -0.2) is 13.8 Å². The van der Waals surface area contributed by atoms with E-state index in [1.165, 1.54) is 6.21 Å². The number of nitrogens with zero attached hydrogens (tertiary/aromatic N) is 2. The van der Waals surface area contributed by atoms with Gasteiger partial charge in [0.1, 0.15) is 6.54 Å². The highest BCUT2D eigenvalue weighted by Gasteiger charge is 2.28. The monoisotopic (exact) mass is 449 g/mol. The van der Waals surface area contributed by atoms with Gasteiger partial charge in [0, 0.05) is 0 Å². The molecule has 0 saturated carbocycles. The number of rotatable bonds is 7. The van der Waals surface area contributed by atoms with Crippen molar-refractivity contribution in [3.05, 3.63) is 94.5 Å². The standard InChI is InChI=1S/C25H27N3O3S/c1-18-6-11-22(12-7-18)16-26-27-25(29)17-28(24-15-20(3)5-10-21(24)4)32(30,31)23-13-8-19(2)9-14-23/h5-16H,17H2,1-4H3,(H,27,29)/b26-16-. The summed E-state index contributed by atoms with van der Waals surface area (Å²) in [6.07, 6.45) is 1.52. The Morgan fingerprint density at radius 2 is 1.44 bits per heavy atom. The lowest BCUT2D eigenvalue weighted by Gasteiger charge is -2.25. The molecular weight excluding hydrogens is 422 g/mol. The summed E-state index contributed by atoms with van der Waals surface area (Å²) in [7, 11) is -3.97. The lowest BCUT2D eigenvalue weighted by atomic mass is 10.1. The summed E-state index contributed by atoms with van der Waals surface area (Å²) in [5.41, 5.74) is 7.45. The van der Waals surface area contributed by atoms with Crippen molar-refractivity contribution >= 4 is 27.8 Å². The molecule has 3 aromatic rings. The van der Waals surface area contributed by atoms with Gasteiger partial charge in [0.2, 0.25) is 0 Å². The first kappa shape index (κ1) is 23.2. The number of carbonyl (C=O) groups is 1. The number of benzene rings is 3. The van der Waals surface area contributed by atoms with Crippen LogP contribution in [0.15, 0.2) is 76.7 Å². The molecule has 0 aromatic heterocycles. The van der Waals surface area contributed by atoms with E-state index < -0.39 is 22.5 Å². The second kappa shape index (κ2) is 9.78. The zero-order chi connectivity index (χ0) is 23.3. The van der Waals surface area contributed by atoms with Crippen LogP contribution in [0.4, 0.5) is 5.69 Å². The van der Waals surface area contributed by atoms with Crippen molar-refractivity contribution in [1.29, 1.82) is 0 Å². The fraction of sp³-hybridized carbons (Fsp3) is 0.200. The number of aryl methyl sites for hydroxylation is 4. The third-order valence-electron chi connectivity index (χ3n) is 5.01. The highest BCUT2D eigenvalue weighted by molar-refractivity contribution is 7.92. The minimum atomic E-state index is -3.97. The van der Waals surface area contributed by atoms with Crippen molar-refractivity contribution in [2.75, 3.05) is 10.8 Å². The Kier molecular flexibility index (Phi) is 7.10. The Bertz CT molecular complexity index is 1230. The molecule has 1 amide bonds. The van der Waals surface area contributed by atoms with Crippen LogP contribution in [0.5, 0.6) is 0 Å². The maximum absolute atomic E-state index is 13.5. The molecule has 6 nitrogen and oxygen atoms in total. The number of carbonyl (C=O) groups excluding carboxylic acids is 1. The molecule has 1 N–H and O–H groups in total. The lowest BCUT2D eigenvalue weighted by molar-refractivity contribution is -0.119. The van der Waals surface area contributed by atoms with Crippen molar-refractivity contribution in [2.45, 2.75) is 32.6 Å². The predicted octanol–water partition coefficient (Wildman–Crippen LogP) is 4.27. The summed E-state index contributed by atoms with van der Waals surface area (Å²) < 4.78 is 28.1. The Labute approximate surface area is 189 Å². The smallest absolute Gasteiger partial charge is 0.264 e. The van der Waals surface area contributed by atoms with Crippen molar-refractivity contribution in [3.8, 4) is 0 Å². The number of hydrogen-bond acceptors (Lipinski definition) is 4. The molecule has 0 fully saturated rings. The SMILES string of the molecule is Cc1ccc(/C=N\NC(=O)CN(c2cc(C)ccc2C)S(=O)(=O)c2ccc(C)cc2)cc1. The van der Waals surface area contributed by atoms with Crippen molar-refractivity contribution < 1.29 is 13.2 Å². The Balaban J connectivity index is 1.88. The van der Waals surface area contributed by atoms with Gasteiger partial charge in [-0.05, 0) is 62.6 Å². The van der Waals surface area contributed by atoms with Gasteiger partial charge in [-0.1, -0.05) is 59.7 Å². The first-order valence-corrected chi connectivity index (χ1v) is 11.7. The molecule has 0 radical (unpaired) electrons. The third-order valence-corrected chi connectivity index (χ3v) is 6.78. The minimum absolute atomic E-state index is 0.125. The van der Waals surface area contributed by atoms with E-state index in [1.807, 2.05) is 64.1 Å². The van der Waals surface area contributed by atoms with Crippen molar-refractivity contribution in [3.63, 3.8) is 0 Å². The van der Waals surface area contributed by atoms with Crippen LogP contribution < -0.4 is 9.73 Å². The average molecular weight is 450 g/mol. The number of nitrogens with one attached hydrogen (secondary N) is 1. The fourth-order valence-corrected chi connectivity index (χ4v) is 4.60. The summed E-state index contributed by atoms with van der Waals surface area (Å²) in [5, 5.41) is 3.98. The number of amides is 1. The summed E-state index contributed by atoms with van der Waals surface area (Å²) in [6, 6.07) is 19.7. The van der Waals surface area contributed by atoms with E-state index in [0.29, 0.717) is 5.69 Å². The van der Waals surface area contributed by atoms with Gasteiger partial charge in [0.15, 0.2) is 0 Å². The molecule has 166 valence electrons. The number of sulfonamides is 1. The number of hydrogen-bond donors (Lipinski definition) is 1. The average Bonchev–Trinajstić information content (AvgIpc) is 2.75. The van der Waals surface area contributed by atoms with E-state index in [9.17, 15) is 13.2 Å². The van der Waals surface area contributed by atoms with Gasteiger partial charge >= 0.3 is 0 Å². The maximum atomic E-state index is 13.5. The molecule has 0 spiro atoms. The molecule has 0 atom stereocenters. The van der Waals surface area contributed by atoms with E-state index in [4.69, 9.17) is 0 Å². The highest BCUT2D eigenvalue weighted by atomic mass is 32.2. The summed E-state index contributed by atoms with van der Waals surface area (Å²) in [6.45, 7) is 7.18. The second-order valence-electron chi connectivity index (χ2n) is 7.82. The maximum Gasteiger partial charge on any atom is 0.264 e. The van der Waals surface area contributed by atoms with Crippen LogP contribution in [0.25, 0.3) is 0 Å². The molecule has 32 heavy (non-hydrogen) atoms. The zero-order valence-corrected chi connectivity index (χ0v) is 19.5. The molecule has 0 saturated heterocycles. The molecular formula is C25H27N3O3S. The van der Waals surface area contributed by atoms with Crippen LogP contribution in [-0.2, 0) is 14.8 Å². The van der Waals surface area contributed by atoms with Gasteiger partial charge in [0.05, 0.1) is 16.8 Å². The molecule has 3 aromatic carbocycles. The highest BCUT2D eigenvalue weighted by Crippen LogP contribution is 2.28. The summed E-state index contributed by atoms with van der Waals surface area (Å²) in [5.74, 6) is -0.537. The Morgan fingerprint density at radius 3 is 2.06 bits per heavy atom. The third kappa shape index (κ3) is 5.62. The molecule has 0 heterocycles. The number of anilines is 1. The normalized spacial score (nSPS) is 11.5. The Morgan fingerprint density at radius 1 is 0.875 bits per heavy atom. The molecule has 0 aliphatic rings. The van der Waals surface area contributed by atoms with Crippen LogP contribution in [0.3, 0.4) is 0 Å². The quantitative estimate of drug-likeness (QED) is 0.432. The molecule has 7 heteroatoms. The van der Waals surface area contributed by atoms with Crippen molar-refractivity contribution in [1.82, 2.24) is 5.43 Å². The molecule has 0 aliphatic carbocycles. The van der Waals surface area contributed by atoms with Gasteiger partial charge < -0.3 is 0 Å². The predicted molar refractivity (Wildman–Crippen MR) is 129 cm³/mol. The van der Waals surface area contributed by atoms with Crippen LogP contribution in [0.2, 0.25) is 0 Å². The minimum Gasteiger partial charge on any atom is -0.271 e. The summed E-state index contributed by atoms with van der Waals surface area (Å²) in [4.78, 5) is 12.8. The topological polar surface area (TPSA) is 78.8 Å². The molecule has 0 unspecified atom stereocenters. The van der Waals surface area contributed by atoms with E-state index in [-0.39, 0.29) is 4.90 Å². The fourth-order valence-electron chi connectivity index (χ4n) is 3.12. The van der Waals surface area contributed by atoms with E-state index in [0.717, 1.165) is 32.1 Å². The molecule has 3 rings (SSSR count). The largest absolute Gasteiger partial charge is 0.271 e. The Hall–Kier alpha value is -3.45. The van der Waals surface area contributed by atoms with Crippen LogP contribution in [0, 0.1) is 27.7 Å². The van der Waals surface area contributed by atoms with Gasteiger partial charge in [-0.2, -0.15) is 5.10 Å². The van der Waals surface area contributed by atoms with Gasteiger partial charge in [-0.3, -0.25) is 9.10 Å². The van der Waals surface area contributed by atoms with E-state index in [1.54, 1.807) is 30.3 Å².